The van der Waals surface area contributed by atoms with E-state index in [1.807, 2.05) is 6.92 Å². The van der Waals surface area contributed by atoms with E-state index in [4.69, 9.17) is 9.47 Å². The van der Waals surface area contributed by atoms with Crippen molar-refractivity contribution < 1.29 is 19.1 Å². The monoisotopic (exact) mass is 398 g/mol. The highest BCUT2D eigenvalue weighted by Crippen LogP contribution is 2.16. The molecule has 1 fully saturated rings. The van der Waals surface area contributed by atoms with Crippen LogP contribution in [0.1, 0.15) is 27.6 Å². The van der Waals surface area contributed by atoms with Crippen LogP contribution in [0.4, 0.5) is 5.69 Å². The third-order valence-electron chi connectivity index (χ3n) is 4.50. The van der Waals surface area contributed by atoms with Crippen molar-refractivity contribution >= 4 is 17.5 Å². The molecule has 2 N–H and O–H groups in total. The zero-order chi connectivity index (χ0) is 20.5. The summed E-state index contributed by atoms with van der Waals surface area (Å²) in [5.41, 5.74) is 1.31. The summed E-state index contributed by atoms with van der Waals surface area (Å²) >= 11 is 0. The number of rotatable bonds is 8. The number of aromatic nitrogens is 1. The molecule has 0 radical (unpaired) electrons. The Labute approximate surface area is 170 Å². The largest absolute Gasteiger partial charge is 0.494 e. The topological polar surface area (TPSA) is 92.8 Å². The fourth-order valence-corrected chi connectivity index (χ4v) is 2.95. The van der Waals surface area contributed by atoms with E-state index < -0.39 is 0 Å². The predicted molar refractivity (Wildman–Crippen MR) is 109 cm³/mol. The molecule has 1 saturated heterocycles. The molecule has 1 aliphatic heterocycles. The Balaban J connectivity index is 1.53. The van der Waals surface area contributed by atoms with Crippen molar-refractivity contribution in [3.63, 3.8) is 0 Å². The average Bonchev–Trinajstić information content (AvgIpc) is 2.76. The van der Waals surface area contributed by atoms with Gasteiger partial charge in [0.1, 0.15) is 5.75 Å². The molecule has 1 aromatic carbocycles. The molecule has 3 rings (SSSR count). The van der Waals surface area contributed by atoms with Crippen LogP contribution in [-0.2, 0) is 4.74 Å². The second-order valence-electron chi connectivity index (χ2n) is 6.58. The van der Waals surface area contributed by atoms with Gasteiger partial charge < -0.3 is 20.1 Å². The Hall–Kier alpha value is -2.97. The number of carbonyl (C=O) groups is 2. The van der Waals surface area contributed by atoms with Gasteiger partial charge in [0.25, 0.3) is 11.8 Å². The number of hydrogen-bond donors (Lipinski definition) is 2. The van der Waals surface area contributed by atoms with Crippen molar-refractivity contribution in [3.8, 4) is 5.75 Å². The van der Waals surface area contributed by atoms with Gasteiger partial charge >= 0.3 is 0 Å². The van der Waals surface area contributed by atoms with Crippen molar-refractivity contribution in [3.05, 3.63) is 53.9 Å². The molecule has 2 heterocycles. The van der Waals surface area contributed by atoms with Crippen molar-refractivity contribution in [2.45, 2.75) is 6.92 Å². The quantitative estimate of drug-likeness (QED) is 0.704. The highest BCUT2D eigenvalue weighted by molar-refractivity contribution is 6.05. The van der Waals surface area contributed by atoms with Gasteiger partial charge in [0.05, 0.1) is 30.9 Å². The van der Waals surface area contributed by atoms with E-state index in [9.17, 15) is 9.59 Å². The number of nitrogens with zero attached hydrogens (tertiary/aromatic N) is 2. The van der Waals surface area contributed by atoms with Gasteiger partial charge in [-0.15, -0.1) is 0 Å². The first-order chi connectivity index (χ1) is 14.2. The highest BCUT2D eigenvalue weighted by atomic mass is 16.5. The van der Waals surface area contributed by atoms with E-state index >= 15 is 0 Å². The molecule has 1 aromatic heterocycles. The molecule has 154 valence electrons. The van der Waals surface area contributed by atoms with Gasteiger partial charge in [-0.05, 0) is 37.3 Å². The fraction of sp³-hybridized carbons (Fsp3) is 0.381. The summed E-state index contributed by atoms with van der Waals surface area (Å²) in [5, 5.41) is 5.67. The van der Waals surface area contributed by atoms with E-state index in [0.29, 0.717) is 30.0 Å². The Morgan fingerprint density at radius 3 is 2.48 bits per heavy atom. The number of amides is 2. The lowest BCUT2D eigenvalue weighted by Crippen LogP contribution is -2.41. The van der Waals surface area contributed by atoms with Crippen LogP contribution in [-0.4, -0.2) is 67.7 Å². The Bertz CT molecular complexity index is 820. The van der Waals surface area contributed by atoms with Crippen LogP contribution < -0.4 is 15.4 Å². The summed E-state index contributed by atoms with van der Waals surface area (Å²) in [6.07, 6.45) is 2.89. The lowest BCUT2D eigenvalue weighted by molar-refractivity contribution is 0.0383. The number of ether oxygens (including phenoxy) is 2. The Kier molecular flexibility index (Phi) is 7.54. The first-order valence-corrected chi connectivity index (χ1v) is 9.73. The normalized spacial score (nSPS) is 14.2. The van der Waals surface area contributed by atoms with Gasteiger partial charge in [-0.25, -0.2) is 0 Å². The predicted octanol–water partition coefficient (Wildman–Crippen LogP) is 1.79. The van der Waals surface area contributed by atoms with Crippen molar-refractivity contribution in [1.82, 2.24) is 15.2 Å². The number of carbonyl (C=O) groups excluding carboxylic acids is 2. The minimum Gasteiger partial charge on any atom is -0.494 e. The number of morpholine rings is 1. The molecule has 8 heteroatoms. The first-order valence-electron chi connectivity index (χ1n) is 9.73. The van der Waals surface area contributed by atoms with Gasteiger partial charge in [0.2, 0.25) is 0 Å². The second kappa shape index (κ2) is 10.5. The minimum absolute atomic E-state index is 0.249. The molecule has 0 atom stereocenters. The summed E-state index contributed by atoms with van der Waals surface area (Å²) in [6, 6.07) is 8.64. The molecule has 0 spiro atoms. The average molecular weight is 398 g/mol. The van der Waals surface area contributed by atoms with E-state index in [-0.39, 0.29) is 11.8 Å². The van der Waals surface area contributed by atoms with Gasteiger partial charge in [-0.3, -0.25) is 19.5 Å². The second-order valence-corrected chi connectivity index (χ2v) is 6.58. The Morgan fingerprint density at radius 2 is 1.79 bits per heavy atom. The lowest BCUT2D eigenvalue weighted by atomic mass is 10.2. The smallest absolute Gasteiger partial charge is 0.257 e. The SMILES string of the molecule is CCOc1ccc(NC(=O)c2cncc(C(=O)NCCN3CCOCC3)c2)cc1. The zero-order valence-corrected chi connectivity index (χ0v) is 16.5. The summed E-state index contributed by atoms with van der Waals surface area (Å²) in [7, 11) is 0. The van der Waals surface area contributed by atoms with Crippen molar-refractivity contribution in [2.24, 2.45) is 0 Å². The summed E-state index contributed by atoms with van der Waals surface area (Å²) in [5.74, 6) is 0.161. The highest BCUT2D eigenvalue weighted by Gasteiger charge is 2.13. The Morgan fingerprint density at radius 1 is 1.10 bits per heavy atom. The number of anilines is 1. The number of hydrogen-bond acceptors (Lipinski definition) is 6. The van der Waals surface area contributed by atoms with Crippen LogP contribution >= 0.6 is 0 Å². The maximum Gasteiger partial charge on any atom is 0.257 e. The number of pyridine rings is 1. The van der Waals surface area contributed by atoms with Gasteiger partial charge in [-0.1, -0.05) is 0 Å². The number of nitrogens with one attached hydrogen (secondary N) is 2. The van der Waals surface area contributed by atoms with Crippen LogP contribution in [0.25, 0.3) is 0 Å². The van der Waals surface area contributed by atoms with E-state index in [1.165, 1.54) is 12.4 Å². The lowest BCUT2D eigenvalue weighted by Gasteiger charge is -2.26. The molecule has 0 saturated carbocycles. The van der Waals surface area contributed by atoms with Gasteiger partial charge in [0.15, 0.2) is 0 Å². The van der Waals surface area contributed by atoms with E-state index in [2.05, 4.69) is 20.5 Å². The summed E-state index contributed by atoms with van der Waals surface area (Å²) < 4.78 is 10.7. The van der Waals surface area contributed by atoms with E-state index in [0.717, 1.165) is 38.6 Å². The summed E-state index contributed by atoms with van der Waals surface area (Å²) in [6.45, 7) is 6.99. The van der Waals surface area contributed by atoms with E-state index in [1.54, 1.807) is 30.3 Å². The molecule has 2 aromatic rings. The minimum atomic E-state index is -0.329. The molecule has 0 aliphatic carbocycles. The van der Waals surface area contributed by atoms with Crippen LogP contribution in [0.15, 0.2) is 42.7 Å². The molecular formula is C21H26N4O4. The first kappa shape index (κ1) is 20.8. The third kappa shape index (κ3) is 6.27. The van der Waals surface area contributed by atoms with Crippen LogP contribution in [0.5, 0.6) is 5.75 Å². The summed E-state index contributed by atoms with van der Waals surface area (Å²) in [4.78, 5) is 31.1. The molecule has 8 nitrogen and oxygen atoms in total. The number of benzene rings is 1. The third-order valence-corrected chi connectivity index (χ3v) is 4.50. The molecule has 1 aliphatic rings. The maximum atomic E-state index is 12.5. The molecular weight excluding hydrogens is 372 g/mol. The molecule has 0 bridgehead atoms. The molecule has 29 heavy (non-hydrogen) atoms. The van der Waals surface area contributed by atoms with Crippen LogP contribution in [0.3, 0.4) is 0 Å². The standard InChI is InChI=1S/C21H26N4O4/c1-2-29-19-5-3-18(4-6-19)24-21(27)17-13-16(14-22-15-17)20(26)23-7-8-25-9-11-28-12-10-25/h3-6,13-15H,2,7-12H2,1H3,(H,23,26)(H,24,27). The zero-order valence-electron chi connectivity index (χ0n) is 16.5. The maximum absolute atomic E-state index is 12.5. The van der Waals surface area contributed by atoms with Crippen molar-refractivity contribution in [1.29, 1.82) is 0 Å². The van der Waals surface area contributed by atoms with Crippen LogP contribution in [0.2, 0.25) is 0 Å². The molecule has 2 amide bonds. The van der Waals surface area contributed by atoms with Gasteiger partial charge in [-0.2, -0.15) is 0 Å². The van der Waals surface area contributed by atoms with Crippen molar-refractivity contribution in [2.75, 3.05) is 51.3 Å². The fourth-order valence-electron chi connectivity index (χ4n) is 2.95. The van der Waals surface area contributed by atoms with Crippen LogP contribution in [0, 0.1) is 0 Å². The van der Waals surface area contributed by atoms with Gasteiger partial charge in [0, 0.05) is 44.3 Å². The molecule has 0 unspecified atom stereocenters.